The van der Waals surface area contributed by atoms with Crippen molar-refractivity contribution in [2.45, 2.75) is 25.9 Å². The summed E-state index contributed by atoms with van der Waals surface area (Å²) in [6, 6.07) is 7.70. The smallest absolute Gasteiger partial charge is 0.316 e. The van der Waals surface area contributed by atoms with Crippen LogP contribution >= 0.6 is 0 Å². The molecule has 1 atom stereocenters. The molecule has 6 nitrogen and oxygen atoms in total. The number of carbonyl (C=O) groups is 1. The molecule has 1 fully saturated rings. The van der Waals surface area contributed by atoms with E-state index in [1.54, 1.807) is 4.90 Å². The first-order valence-electron chi connectivity index (χ1n) is 8.22. The molecule has 1 aromatic carbocycles. The average molecular weight is 345 g/mol. The molecule has 25 heavy (non-hydrogen) atoms. The molecule has 0 N–H and O–H groups in total. The van der Waals surface area contributed by atoms with Crippen molar-refractivity contribution in [3.05, 3.63) is 48.0 Å². The van der Waals surface area contributed by atoms with E-state index >= 15 is 0 Å². The monoisotopic (exact) mass is 345 g/mol. The number of ether oxygens (including phenoxy) is 2. The molecule has 1 aliphatic heterocycles. The van der Waals surface area contributed by atoms with Gasteiger partial charge in [0, 0.05) is 6.54 Å². The first-order chi connectivity index (χ1) is 12.1. The molecule has 2 aromatic rings. The van der Waals surface area contributed by atoms with Crippen LogP contribution in [0.5, 0.6) is 11.8 Å². The van der Waals surface area contributed by atoms with Gasteiger partial charge in [-0.3, -0.25) is 4.79 Å². The lowest BCUT2D eigenvalue weighted by molar-refractivity contribution is -0.136. The van der Waals surface area contributed by atoms with Gasteiger partial charge in [0.25, 0.3) is 5.91 Å². The van der Waals surface area contributed by atoms with E-state index in [1.807, 2.05) is 31.2 Å². The van der Waals surface area contributed by atoms with Crippen LogP contribution in [-0.2, 0) is 4.79 Å². The Morgan fingerprint density at radius 2 is 2.08 bits per heavy atom. The minimum absolute atomic E-state index is 0.00930. The summed E-state index contributed by atoms with van der Waals surface area (Å²) >= 11 is 0. The number of likely N-dealkylation sites (tertiary alicyclic amines) is 1. The summed E-state index contributed by atoms with van der Waals surface area (Å²) < 4.78 is 24.1. The first kappa shape index (κ1) is 17.1. The summed E-state index contributed by atoms with van der Waals surface area (Å²) in [7, 11) is 0. The molecule has 0 unspecified atom stereocenters. The lowest BCUT2D eigenvalue weighted by Gasteiger charge is -2.32. The quantitative estimate of drug-likeness (QED) is 0.832. The van der Waals surface area contributed by atoms with Crippen LogP contribution in [-0.4, -0.2) is 46.6 Å². The Kier molecular flexibility index (Phi) is 5.42. The molecule has 2 heterocycles. The second-order valence-corrected chi connectivity index (χ2v) is 5.96. The Bertz CT molecular complexity index is 724. The zero-order valence-corrected chi connectivity index (χ0v) is 14.0. The van der Waals surface area contributed by atoms with Crippen LogP contribution in [0.25, 0.3) is 0 Å². The summed E-state index contributed by atoms with van der Waals surface area (Å²) in [5.41, 5.74) is 0.989. The third kappa shape index (κ3) is 4.65. The third-order valence-electron chi connectivity index (χ3n) is 4.04. The van der Waals surface area contributed by atoms with Crippen molar-refractivity contribution in [2.75, 3.05) is 19.7 Å². The van der Waals surface area contributed by atoms with Gasteiger partial charge in [-0.1, -0.05) is 18.2 Å². The van der Waals surface area contributed by atoms with Crippen molar-refractivity contribution >= 4 is 5.91 Å². The molecule has 1 amide bonds. The van der Waals surface area contributed by atoms with Crippen LogP contribution in [0.1, 0.15) is 18.4 Å². The van der Waals surface area contributed by atoms with Crippen molar-refractivity contribution in [1.82, 2.24) is 14.9 Å². The highest BCUT2D eigenvalue weighted by molar-refractivity contribution is 5.78. The molecular weight excluding hydrogens is 325 g/mol. The number of carbonyl (C=O) groups excluding carboxylic acids is 1. The topological polar surface area (TPSA) is 64.5 Å². The number of rotatable bonds is 5. The van der Waals surface area contributed by atoms with Gasteiger partial charge >= 0.3 is 6.01 Å². The lowest BCUT2D eigenvalue weighted by atomic mass is 10.1. The number of amides is 1. The number of aromatic nitrogens is 2. The van der Waals surface area contributed by atoms with E-state index in [2.05, 4.69) is 9.97 Å². The van der Waals surface area contributed by atoms with Crippen molar-refractivity contribution in [1.29, 1.82) is 0 Å². The van der Waals surface area contributed by atoms with E-state index in [0.717, 1.165) is 30.8 Å². The fraction of sp³-hybridized carbons (Fsp3) is 0.389. The Balaban J connectivity index is 1.52. The molecule has 7 heteroatoms. The zero-order chi connectivity index (χ0) is 17.6. The number of piperidine rings is 1. The van der Waals surface area contributed by atoms with Gasteiger partial charge in [0.15, 0.2) is 12.4 Å². The van der Waals surface area contributed by atoms with Crippen LogP contribution in [0.4, 0.5) is 4.39 Å². The summed E-state index contributed by atoms with van der Waals surface area (Å²) in [6.45, 7) is 3.04. The summed E-state index contributed by atoms with van der Waals surface area (Å²) in [4.78, 5) is 21.7. The molecule has 1 saturated heterocycles. The zero-order valence-electron chi connectivity index (χ0n) is 14.0. The minimum atomic E-state index is -0.513. The minimum Gasteiger partial charge on any atom is -0.484 e. The highest BCUT2D eigenvalue weighted by Gasteiger charge is 2.25. The van der Waals surface area contributed by atoms with Crippen molar-refractivity contribution in [3.63, 3.8) is 0 Å². The molecule has 132 valence electrons. The normalized spacial score (nSPS) is 17.2. The average Bonchev–Trinajstić information content (AvgIpc) is 2.63. The maximum absolute atomic E-state index is 12.8. The number of hydrogen-bond donors (Lipinski definition) is 0. The van der Waals surface area contributed by atoms with Gasteiger partial charge < -0.3 is 14.4 Å². The Labute approximate surface area is 145 Å². The van der Waals surface area contributed by atoms with Crippen molar-refractivity contribution < 1.29 is 18.7 Å². The standard InChI is InChI=1S/C18H20FN3O3/c1-13-5-2-3-7-16(13)24-12-17(23)22-8-4-6-15(11-22)25-18-20-9-14(19)10-21-18/h2-3,5,7,9-10,15H,4,6,8,11-12H2,1H3/t15-/m0/s1. The fourth-order valence-corrected chi connectivity index (χ4v) is 2.72. The van der Waals surface area contributed by atoms with Crippen LogP contribution in [0, 0.1) is 12.7 Å². The predicted octanol–water partition coefficient (Wildman–Crippen LogP) is 2.37. The van der Waals surface area contributed by atoms with Gasteiger partial charge in [0.1, 0.15) is 11.9 Å². The van der Waals surface area contributed by atoms with E-state index in [9.17, 15) is 9.18 Å². The Morgan fingerprint density at radius 3 is 2.84 bits per heavy atom. The second-order valence-electron chi connectivity index (χ2n) is 5.96. The third-order valence-corrected chi connectivity index (χ3v) is 4.04. The van der Waals surface area contributed by atoms with Crippen LogP contribution in [0.15, 0.2) is 36.7 Å². The molecule has 0 radical (unpaired) electrons. The van der Waals surface area contributed by atoms with Gasteiger partial charge in [-0.15, -0.1) is 0 Å². The Hall–Kier alpha value is -2.70. The van der Waals surface area contributed by atoms with Crippen LogP contribution in [0.3, 0.4) is 0 Å². The summed E-state index contributed by atoms with van der Waals surface area (Å²) in [6.07, 6.45) is 3.53. The predicted molar refractivity (Wildman–Crippen MR) is 88.9 cm³/mol. The van der Waals surface area contributed by atoms with Gasteiger partial charge in [-0.2, -0.15) is 0 Å². The molecule has 1 aliphatic rings. The molecule has 1 aromatic heterocycles. The number of para-hydroxylation sites is 1. The highest BCUT2D eigenvalue weighted by Crippen LogP contribution is 2.18. The molecule has 3 rings (SSSR count). The van der Waals surface area contributed by atoms with E-state index in [0.29, 0.717) is 18.8 Å². The van der Waals surface area contributed by atoms with E-state index in [1.165, 1.54) is 0 Å². The van der Waals surface area contributed by atoms with E-state index in [-0.39, 0.29) is 24.6 Å². The molecular formula is C18H20FN3O3. The summed E-state index contributed by atoms with van der Waals surface area (Å²) in [5.74, 6) is 0.109. The molecule has 0 saturated carbocycles. The Morgan fingerprint density at radius 1 is 1.32 bits per heavy atom. The first-order valence-corrected chi connectivity index (χ1v) is 8.22. The fourth-order valence-electron chi connectivity index (χ4n) is 2.72. The SMILES string of the molecule is Cc1ccccc1OCC(=O)N1CCC[C@H](Oc2ncc(F)cn2)C1. The number of halogens is 1. The lowest BCUT2D eigenvalue weighted by Crippen LogP contribution is -2.46. The number of benzene rings is 1. The summed E-state index contributed by atoms with van der Waals surface area (Å²) in [5, 5.41) is 0. The highest BCUT2D eigenvalue weighted by atomic mass is 19.1. The van der Waals surface area contributed by atoms with E-state index in [4.69, 9.17) is 9.47 Å². The van der Waals surface area contributed by atoms with Gasteiger partial charge in [0.05, 0.1) is 18.9 Å². The number of nitrogens with zero attached hydrogens (tertiary/aromatic N) is 3. The molecule has 0 bridgehead atoms. The van der Waals surface area contributed by atoms with Crippen LogP contribution in [0.2, 0.25) is 0 Å². The van der Waals surface area contributed by atoms with E-state index < -0.39 is 5.82 Å². The van der Waals surface area contributed by atoms with Gasteiger partial charge in [-0.05, 0) is 31.4 Å². The number of hydrogen-bond acceptors (Lipinski definition) is 5. The van der Waals surface area contributed by atoms with Crippen molar-refractivity contribution in [2.24, 2.45) is 0 Å². The van der Waals surface area contributed by atoms with Crippen molar-refractivity contribution in [3.8, 4) is 11.8 Å². The molecule has 0 spiro atoms. The largest absolute Gasteiger partial charge is 0.484 e. The van der Waals surface area contributed by atoms with Gasteiger partial charge in [-0.25, -0.2) is 14.4 Å². The van der Waals surface area contributed by atoms with Crippen LogP contribution < -0.4 is 9.47 Å². The van der Waals surface area contributed by atoms with Gasteiger partial charge in [0.2, 0.25) is 0 Å². The number of aryl methyl sites for hydroxylation is 1. The molecule has 0 aliphatic carbocycles. The maximum Gasteiger partial charge on any atom is 0.316 e. The second kappa shape index (κ2) is 7.92. The maximum atomic E-state index is 12.8.